The van der Waals surface area contributed by atoms with Gasteiger partial charge in [0.1, 0.15) is 0 Å². The summed E-state index contributed by atoms with van der Waals surface area (Å²) in [7, 11) is 0. The van der Waals surface area contributed by atoms with Gasteiger partial charge in [-0.05, 0) is 59.2 Å². The summed E-state index contributed by atoms with van der Waals surface area (Å²) in [6.07, 6.45) is 0. The van der Waals surface area contributed by atoms with E-state index in [2.05, 4.69) is 135 Å². The Bertz CT molecular complexity index is 893. The fraction of sp³-hybridized carbons (Fsp3) is 0.400. The third kappa shape index (κ3) is 16.9. The molecule has 10 radical (unpaired) electrons. The van der Waals surface area contributed by atoms with E-state index in [-0.39, 0.29) is 31.9 Å². The molecule has 2 aromatic carbocycles. The number of nitroso groups, excluding NO2 is 1. The number of nitrogens with zero attached hydrogens (tertiary/aromatic N) is 2. The van der Waals surface area contributed by atoms with Crippen LogP contribution in [-0.2, 0) is 53.6 Å². The molecule has 0 atom stereocenters. The van der Waals surface area contributed by atoms with Crippen LogP contribution in [0.15, 0.2) is 60.7 Å². The molecule has 2 saturated carbocycles. The summed E-state index contributed by atoms with van der Waals surface area (Å²) >= 11 is -1.78. The quantitative estimate of drug-likeness (QED) is 0.224. The average Bonchev–Trinajstić information content (AvgIpc) is 3.29. The first-order chi connectivity index (χ1) is 20.7. The summed E-state index contributed by atoms with van der Waals surface area (Å²) in [5, 5.41) is 0. The molecule has 2 aromatic rings. The van der Waals surface area contributed by atoms with Crippen LogP contribution in [0.1, 0.15) is 108 Å². The van der Waals surface area contributed by atoms with Crippen LogP contribution < -0.4 is 0 Å². The van der Waals surface area contributed by atoms with Gasteiger partial charge in [-0.1, -0.05) is 169 Å². The molecule has 0 aliphatic heterocycles. The first-order valence-corrected chi connectivity index (χ1v) is 16.8. The zero-order valence-electron chi connectivity index (χ0n) is 30.7. The Morgan fingerprint density at radius 3 is 0.674 bits per heavy atom. The van der Waals surface area contributed by atoms with Crippen molar-refractivity contribution in [2.24, 2.45) is 0 Å². The Balaban J connectivity index is -0.000000508. The molecule has 0 N–H and O–H groups in total. The minimum atomic E-state index is -1.78. The molecule has 6 heteroatoms. The maximum absolute atomic E-state index is 8.62. The summed E-state index contributed by atoms with van der Waals surface area (Å²) in [5.41, 5.74) is 8.41. The van der Waals surface area contributed by atoms with Crippen molar-refractivity contribution in [2.75, 3.05) is 0 Å². The van der Waals surface area contributed by atoms with Crippen molar-refractivity contribution in [2.45, 2.75) is 108 Å². The van der Waals surface area contributed by atoms with Crippen LogP contribution in [-0.4, -0.2) is 0 Å². The summed E-state index contributed by atoms with van der Waals surface area (Å²) in [6, 6.07) is 20.6. The van der Waals surface area contributed by atoms with Crippen molar-refractivity contribution in [3.8, 4) is 0 Å². The first-order valence-electron chi connectivity index (χ1n) is 15.1. The molecule has 0 spiro atoms. The molecule has 0 aromatic heterocycles. The third-order valence-electron chi connectivity index (χ3n) is 8.74. The predicted octanol–water partition coefficient (Wildman–Crippen LogP) is 12.0. The Kier molecular flexibility index (Phi) is 26.0. The molecule has 4 nitrogen and oxygen atoms in total. The molecule has 0 saturated heterocycles. The van der Waals surface area contributed by atoms with Crippen molar-refractivity contribution in [3.63, 3.8) is 0 Å². The molecule has 248 valence electrons. The van der Waals surface area contributed by atoms with Gasteiger partial charge in [0, 0.05) is 0 Å². The van der Waals surface area contributed by atoms with Gasteiger partial charge in [0.05, 0.1) is 0 Å². The summed E-state index contributed by atoms with van der Waals surface area (Å²) < 4.78 is 15.8. The van der Waals surface area contributed by atoms with Crippen molar-refractivity contribution in [3.05, 3.63) is 159 Å². The van der Waals surface area contributed by atoms with Crippen LogP contribution in [0.2, 0.25) is 0 Å². The van der Waals surface area contributed by atoms with Gasteiger partial charge in [-0.15, -0.1) is 10.8 Å². The molecular formula is C40H56Mo2N2O2+2. The van der Waals surface area contributed by atoms with E-state index in [0.717, 1.165) is 0 Å². The number of hydrogen-bond donors (Lipinski definition) is 0. The van der Waals surface area contributed by atoms with Gasteiger partial charge in [0.2, 0.25) is 0 Å². The molecule has 2 aliphatic carbocycles. The van der Waals surface area contributed by atoms with Crippen LogP contribution in [0.5, 0.6) is 0 Å². The second-order valence-corrected chi connectivity index (χ2v) is 13.2. The van der Waals surface area contributed by atoms with E-state index >= 15 is 0 Å². The zero-order chi connectivity index (χ0) is 35.7. The Labute approximate surface area is 308 Å². The van der Waals surface area contributed by atoms with E-state index < -0.39 is 18.3 Å². The standard InChI is InChI=1S/2C10H15.2C10H13.2Mo.NO.N.O/c2*1-6-7(2)9(4)10(5)8(6)3;2*1-10(2,3)9-7-5-4-6-8-9;;;1-2;;/h2*1-5H3;2*4-8H,1H2,2-3H3;;;;;/q;;2*-1;+2;+4;2*-1;. The van der Waals surface area contributed by atoms with Gasteiger partial charge in [0.25, 0.3) is 0 Å². The van der Waals surface area contributed by atoms with Crippen LogP contribution >= 0.6 is 0 Å². The van der Waals surface area contributed by atoms with Crippen molar-refractivity contribution >= 4 is 0 Å². The fourth-order valence-electron chi connectivity index (χ4n) is 4.59. The van der Waals surface area contributed by atoms with Crippen LogP contribution in [0, 0.1) is 77.9 Å². The molecular weight excluding hydrogens is 732 g/mol. The molecule has 2 fully saturated rings. The minimum absolute atomic E-state index is 0. The van der Waals surface area contributed by atoms with Crippen molar-refractivity contribution in [1.29, 1.82) is 0 Å². The Hall–Kier alpha value is -0.983. The summed E-state index contributed by atoms with van der Waals surface area (Å²) in [5.74, 6) is 14.7. The van der Waals surface area contributed by atoms with Gasteiger partial charge in [-0.3, -0.25) is 0 Å². The van der Waals surface area contributed by atoms with E-state index in [1.165, 1.54) is 70.3 Å². The predicted molar refractivity (Wildman–Crippen MR) is 190 cm³/mol. The van der Waals surface area contributed by atoms with Gasteiger partial charge in [0.15, 0.2) is 0 Å². The SMILES string of the molecule is C[C]1[C](C)[C](C)[C](C)[C]1C.C[C]1[C](C)[C](C)[C](C)[C]1C.[CH2-]C(C)(C)c1ccccc1.[CH2-]C(C)(C)c1ccccc1.[Mo+4].[N-]=O.[N-]=[Mo+2]=[O]. The van der Waals surface area contributed by atoms with E-state index in [9.17, 15) is 0 Å². The second-order valence-electron chi connectivity index (χ2n) is 12.8. The van der Waals surface area contributed by atoms with Gasteiger partial charge < -0.3 is 24.3 Å². The molecule has 46 heavy (non-hydrogen) atoms. The average molecular weight is 789 g/mol. The molecule has 0 unspecified atom stereocenters. The third-order valence-corrected chi connectivity index (χ3v) is 8.74. The zero-order valence-corrected chi connectivity index (χ0v) is 34.7. The molecule has 2 aliphatic rings. The van der Waals surface area contributed by atoms with Crippen molar-refractivity contribution < 1.29 is 42.8 Å². The van der Waals surface area contributed by atoms with E-state index in [1.807, 2.05) is 36.4 Å². The summed E-state index contributed by atoms with van der Waals surface area (Å²) in [4.78, 5) is 7.25. The number of rotatable bonds is 2. The number of benzene rings is 2. The Morgan fingerprint density at radius 2 is 0.587 bits per heavy atom. The van der Waals surface area contributed by atoms with Gasteiger partial charge in [-0.2, -0.15) is 0 Å². The number of hydrogen-bond acceptors (Lipinski definition) is 2. The molecule has 0 amide bonds. The van der Waals surface area contributed by atoms with E-state index in [0.29, 0.717) is 0 Å². The van der Waals surface area contributed by atoms with Crippen LogP contribution in [0.25, 0.3) is 9.51 Å². The second kappa shape index (κ2) is 24.2. The van der Waals surface area contributed by atoms with Crippen LogP contribution in [0.4, 0.5) is 0 Å². The first kappa shape index (κ1) is 49.4. The van der Waals surface area contributed by atoms with Gasteiger partial charge in [-0.25, -0.2) is 0 Å². The topological polar surface area (TPSA) is 78.7 Å². The molecule has 4 rings (SSSR count). The van der Waals surface area contributed by atoms with Crippen molar-refractivity contribution in [1.82, 2.24) is 0 Å². The molecule has 0 bridgehead atoms. The monoisotopic (exact) mass is 792 g/mol. The normalized spacial score (nSPS) is 17.7. The van der Waals surface area contributed by atoms with E-state index in [4.69, 9.17) is 17.8 Å². The van der Waals surface area contributed by atoms with E-state index in [1.54, 1.807) is 0 Å². The van der Waals surface area contributed by atoms with Crippen LogP contribution in [0.3, 0.4) is 0 Å². The maximum atomic E-state index is 8.62. The summed E-state index contributed by atoms with van der Waals surface area (Å²) in [6.45, 7) is 38.5. The Morgan fingerprint density at radius 1 is 0.457 bits per heavy atom. The molecule has 0 heterocycles. The van der Waals surface area contributed by atoms with Gasteiger partial charge >= 0.3 is 46.7 Å². The fourth-order valence-corrected chi connectivity index (χ4v) is 4.59.